The van der Waals surface area contributed by atoms with E-state index in [1.807, 2.05) is 24.8 Å². The fraction of sp³-hybridized carbons (Fsp3) is 0.273. The van der Waals surface area contributed by atoms with E-state index in [0.717, 1.165) is 37.3 Å². The molecule has 8 heteroatoms. The first-order chi connectivity index (χ1) is 14.4. The molecule has 0 bridgehead atoms. The largest absolute Gasteiger partial charge is 0.339 e. The Morgan fingerprint density at radius 3 is 2.53 bits per heavy atom. The molecule has 0 unspecified atom stereocenters. The number of rotatable bonds is 4. The molecule has 0 radical (unpaired) electrons. The molecule has 4 rings (SSSR count). The molecule has 154 valence electrons. The summed E-state index contributed by atoms with van der Waals surface area (Å²) in [5.74, 6) is 0.0357. The van der Waals surface area contributed by atoms with Crippen molar-refractivity contribution in [1.29, 1.82) is 0 Å². The van der Waals surface area contributed by atoms with Crippen molar-refractivity contribution in [3.63, 3.8) is 0 Å². The van der Waals surface area contributed by atoms with Crippen molar-refractivity contribution in [3.05, 3.63) is 70.1 Å². The summed E-state index contributed by atoms with van der Waals surface area (Å²) < 4.78 is 1.66. The minimum absolute atomic E-state index is 0.0220. The number of aryl methyl sites for hydroxylation is 2. The standard InChI is InChI=1S/C22H22ClN5O2/c1-14-12-15(2)28(26-14)19-9-8-18(23)20(25-19)21(29)24-17-7-5-6-16(13-17)22(30)27-10-3-4-11-27/h5-9,12-13H,3-4,10-11H2,1-2H3,(H,24,29). The SMILES string of the molecule is Cc1cc(C)n(-c2ccc(Cl)c(C(=O)Nc3cccc(C(=O)N4CCCC4)c3)n2)n1. The lowest BCUT2D eigenvalue weighted by atomic mass is 10.1. The summed E-state index contributed by atoms with van der Waals surface area (Å²) in [5.41, 5.74) is 2.92. The van der Waals surface area contributed by atoms with Crippen LogP contribution in [-0.2, 0) is 0 Å². The third kappa shape index (κ3) is 4.07. The van der Waals surface area contributed by atoms with Crippen LogP contribution in [0.15, 0.2) is 42.5 Å². The number of hydrogen-bond acceptors (Lipinski definition) is 4. The van der Waals surface area contributed by atoms with Gasteiger partial charge in [-0.25, -0.2) is 9.67 Å². The molecule has 2 amide bonds. The number of amides is 2. The van der Waals surface area contributed by atoms with E-state index in [2.05, 4.69) is 15.4 Å². The second-order valence-corrected chi connectivity index (χ2v) is 7.78. The van der Waals surface area contributed by atoms with Gasteiger partial charge >= 0.3 is 0 Å². The van der Waals surface area contributed by atoms with Gasteiger partial charge in [0.05, 0.1) is 10.7 Å². The van der Waals surface area contributed by atoms with Crippen molar-refractivity contribution >= 4 is 29.1 Å². The molecule has 3 heterocycles. The van der Waals surface area contributed by atoms with Crippen molar-refractivity contribution in [2.75, 3.05) is 18.4 Å². The number of nitrogens with zero attached hydrogens (tertiary/aromatic N) is 4. The summed E-state index contributed by atoms with van der Waals surface area (Å²) >= 11 is 6.24. The van der Waals surface area contributed by atoms with Crippen LogP contribution in [0.25, 0.3) is 5.82 Å². The third-order valence-corrected chi connectivity index (χ3v) is 5.34. The first-order valence-corrected chi connectivity index (χ1v) is 10.2. The van der Waals surface area contributed by atoms with Crippen LogP contribution in [-0.4, -0.2) is 44.6 Å². The zero-order valence-electron chi connectivity index (χ0n) is 16.9. The van der Waals surface area contributed by atoms with E-state index in [1.165, 1.54) is 0 Å². The summed E-state index contributed by atoms with van der Waals surface area (Å²) in [4.78, 5) is 31.7. The number of halogens is 1. The number of anilines is 1. The van der Waals surface area contributed by atoms with Crippen LogP contribution in [0.4, 0.5) is 5.69 Å². The van der Waals surface area contributed by atoms with Crippen molar-refractivity contribution in [2.45, 2.75) is 26.7 Å². The number of carbonyl (C=O) groups is 2. The summed E-state index contributed by atoms with van der Waals surface area (Å²) in [5, 5.41) is 7.44. The maximum atomic E-state index is 12.9. The number of pyridine rings is 1. The molecular weight excluding hydrogens is 402 g/mol. The summed E-state index contributed by atoms with van der Waals surface area (Å²) in [6, 6.07) is 12.2. The van der Waals surface area contributed by atoms with Gasteiger partial charge < -0.3 is 10.2 Å². The molecule has 1 aliphatic rings. The summed E-state index contributed by atoms with van der Waals surface area (Å²) in [6.07, 6.45) is 2.05. The first-order valence-electron chi connectivity index (χ1n) is 9.83. The second kappa shape index (κ2) is 8.28. The first kappa shape index (κ1) is 20.1. The van der Waals surface area contributed by atoms with Crippen molar-refractivity contribution in [1.82, 2.24) is 19.7 Å². The molecule has 3 aromatic rings. The van der Waals surface area contributed by atoms with E-state index in [9.17, 15) is 9.59 Å². The highest BCUT2D eigenvalue weighted by atomic mass is 35.5. The zero-order chi connectivity index (χ0) is 21.3. The topological polar surface area (TPSA) is 80.1 Å². The van der Waals surface area contributed by atoms with Crippen molar-refractivity contribution in [2.24, 2.45) is 0 Å². The number of hydrogen-bond donors (Lipinski definition) is 1. The molecule has 0 aliphatic carbocycles. The quantitative estimate of drug-likeness (QED) is 0.687. The Labute approximate surface area is 179 Å². The average Bonchev–Trinajstić information content (AvgIpc) is 3.37. The molecular formula is C22H22ClN5O2. The fourth-order valence-electron chi connectivity index (χ4n) is 3.59. The third-order valence-electron chi connectivity index (χ3n) is 5.03. The highest BCUT2D eigenvalue weighted by Gasteiger charge is 2.20. The van der Waals surface area contributed by atoms with Gasteiger partial charge in [0.15, 0.2) is 5.82 Å². The summed E-state index contributed by atoms with van der Waals surface area (Å²) in [6.45, 7) is 5.35. The maximum Gasteiger partial charge on any atom is 0.275 e. The Morgan fingerprint density at radius 1 is 1.07 bits per heavy atom. The Balaban J connectivity index is 1.57. The lowest BCUT2D eigenvalue weighted by molar-refractivity contribution is 0.0792. The molecule has 1 aromatic carbocycles. The van der Waals surface area contributed by atoms with Crippen LogP contribution >= 0.6 is 11.6 Å². The molecule has 1 fully saturated rings. The van der Waals surface area contributed by atoms with Gasteiger partial charge in [-0.05, 0) is 63.1 Å². The Hall–Kier alpha value is -3.19. The Kier molecular flexibility index (Phi) is 5.55. The lowest BCUT2D eigenvalue weighted by Gasteiger charge is -2.16. The van der Waals surface area contributed by atoms with E-state index >= 15 is 0 Å². The van der Waals surface area contributed by atoms with Crippen LogP contribution in [0.5, 0.6) is 0 Å². The van der Waals surface area contributed by atoms with Gasteiger partial charge in [-0.1, -0.05) is 17.7 Å². The summed E-state index contributed by atoms with van der Waals surface area (Å²) in [7, 11) is 0. The van der Waals surface area contributed by atoms with Gasteiger partial charge in [-0.2, -0.15) is 5.10 Å². The average molecular weight is 424 g/mol. The van der Waals surface area contributed by atoms with Crippen molar-refractivity contribution < 1.29 is 9.59 Å². The predicted molar refractivity (Wildman–Crippen MR) is 115 cm³/mol. The normalized spacial score (nSPS) is 13.5. The number of likely N-dealkylation sites (tertiary alicyclic amines) is 1. The number of carbonyl (C=O) groups excluding carboxylic acids is 2. The molecule has 1 aliphatic heterocycles. The van der Waals surface area contributed by atoms with Crippen LogP contribution in [0.1, 0.15) is 45.1 Å². The highest BCUT2D eigenvalue weighted by Crippen LogP contribution is 2.21. The highest BCUT2D eigenvalue weighted by molar-refractivity contribution is 6.34. The minimum Gasteiger partial charge on any atom is -0.339 e. The van der Waals surface area contributed by atoms with E-state index in [4.69, 9.17) is 11.6 Å². The monoisotopic (exact) mass is 423 g/mol. The fourth-order valence-corrected chi connectivity index (χ4v) is 3.78. The maximum absolute atomic E-state index is 12.9. The second-order valence-electron chi connectivity index (χ2n) is 7.37. The Morgan fingerprint density at radius 2 is 1.83 bits per heavy atom. The molecule has 0 saturated carbocycles. The smallest absolute Gasteiger partial charge is 0.275 e. The van der Waals surface area contributed by atoms with Gasteiger partial charge in [0.25, 0.3) is 11.8 Å². The van der Waals surface area contributed by atoms with E-state index in [-0.39, 0.29) is 16.6 Å². The Bertz CT molecular complexity index is 1120. The van der Waals surface area contributed by atoms with Gasteiger partial charge in [0, 0.05) is 30.0 Å². The van der Waals surface area contributed by atoms with Gasteiger partial charge in [0.1, 0.15) is 5.69 Å². The predicted octanol–water partition coefficient (Wildman–Crippen LogP) is 4.03. The molecule has 0 atom stereocenters. The molecule has 7 nitrogen and oxygen atoms in total. The number of nitrogens with one attached hydrogen (secondary N) is 1. The van der Waals surface area contributed by atoms with Crippen LogP contribution in [0, 0.1) is 13.8 Å². The van der Waals surface area contributed by atoms with Crippen molar-refractivity contribution in [3.8, 4) is 5.82 Å². The zero-order valence-corrected chi connectivity index (χ0v) is 17.6. The minimum atomic E-state index is -0.450. The molecule has 1 N–H and O–H groups in total. The van der Waals surface area contributed by atoms with Gasteiger partial charge in [-0.15, -0.1) is 0 Å². The number of aromatic nitrogens is 3. The van der Waals surface area contributed by atoms with Crippen LogP contribution in [0.2, 0.25) is 5.02 Å². The molecule has 2 aromatic heterocycles. The molecule has 1 saturated heterocycles. The van der Waals surface area contributed by atoms with Crippen LogP contribution < -0.4 is 5.32 Å². The van der Waals surface area contributed by atoms with E-state index < -0.39 is 5.91 Å². The van der Waals surface area contributed by atoms with Gasteiger partial charge in [-0.3, -0.25) is 9.59 Å². The van der Waals surface area contributed by atoms with E-state index in [1.54, 1.807) is 41.1 Å². The van der Waals surface area contributed by atoms with Gasteiger partial charge in [0.2, 0.25) is 0 Å². The molecule has 30 heavy (non-hydrogen) atoms. The lowest BCUT2D eigenvalue weighted by Crippen LogP contribution is -2.27. The number of benzene rings is 1. The molecule has 0 spiro atoms. The van der Waals surface area contributed by atoms with E-state index in [0.29, 0.717) is 17.1 Å². The van der Waals surface area contributed by atoms with Crippen LogP contribution in [0.3, 0.4) is 0 Å².